The van der Waals surface area contributed by atoms with Gasteiger partial charge in [-0.2, -0.15) is 0 Å². The van der Waals surface area contributed by atoms with Crippen LogP contribution in [0.3, 0.4) is 0 Å². The fraction of sp³-hybridized carbons (Fsp3) is 0.579. The number of carbonyl (C=O) groups is 1. The number of benzene rings is 1. The van der Waals surface area contributed by atoms with Crippen LogP contribution in [0, 0.1) is 0 Å². The summed E-state index contributed by atoms with van der Waals surface area (Å²) in [6.45, 7) is 4.21. The van der Waals surface area contributed by atoms with Crippen LogP contribution in [0.4, 0.5) is 0 Å². The number of rotatable bonds is 6. The molecule has 2 aliphatic heterocycles. The van der Waals surface area contributed by atoms with Crippen molar-refractivity contribution in [2.45, 2.75) is 38.9 Å². The van der Waals surface area contributed by atoms with Crippen molar-refractivity contribution in [1.82, 2.24) is 30.0 Å². The van der Waals surface area contributed by atoms with Crippen molar-refractivity contribution in [3.8, 4) is 11.5 Å². The number of carbonyl (C=O) groups excluding carboxylic acids is 1. The molecule has 9 heteroatoms. The molecule has 1 aromatic carbocycles. The lowest BCUT2D eigenvalue weighted by Gasteiger charge is -2.29. The van der Waals surface area contributed by atoms with Gasteiger partial charge in [0.05, 0.1) is 20.8 Å². The Balaban J connectivity index is 1.43. The second-order valence-electron chi connectivity index (χ2n) is 7.28. The lowest BCUT2D eigenvalue weighted by atomic mass is 9.98. The Morgan fingerprint density at radius 3 is 2.50 bits per heavy atom. The van der Waals surface area contributed by atoms with Crippen molar-refractivity contribution < 1.29 is 14.3 Å². The van der Waals surface area contributed by atoms with Crippen molar-refractivity contribution in [2.24, 2.45) is 0 Å². The minimum Gasteiger partial charge on any atom is -0.493 e. The number of amides is 1. The summed E-state index contributed by atoms with van der Waals surface area (Å²) in [4.78, 5) is 17.1. The van der Waals surface area contributed by atoms with Gasteiger partial charge in [0.2, 0.25) is 5.91 Å². The first-order chi connectivity index (χ1) is 13.7. The summed E-state index contributed by atoms with van der Waals surface area (Å²) in [5.41, 5.74) is 2.28. The summed E-state index contributed by atoms with van der Waals surface area (Å²) in [6.07, 6.45) is 3.21. The Morgan fingerprint density at radius 1 is 1.07 bits per heavy atom. The van der Waals surface area contributed by atoms with Crippen LogP contribution >= 0.6 is 0 Å². The van der Waals surface area contributed by atoms with Gasteiger partial charge in [-0.15, -0.1) is 5.10 Å². The van der Waals surface area contributed by atoms with E-state index in [0.29, 0.717) is 25.4 Å². The molecule has 2 aromatic rings. The number of hydrogen-bond acceptors (Lipinski definition) is 7. The average molecular weight is 386 g/mol. The monoisotopic (exact) mass is 386 g/mol. The van der Waals surface area contributed by atoms with E-state index in [2.05, 4.69) is 20.4 Å². The molecule has 28 heavy (non-hydrogen) atoms. The molecular formula is C19H26N6O3. The fourth-order valence-corrected chi connectivity index (χ4v) is 3.92. The molecule has 9 nitrogen and oxygen atoms in total. The highest BCUT2D eigenvalue weighted by Crippen LogP contribution is 2.33. The fourth-order valence-electron chi connectivity index (χ4n) is 3.92. The smallest absolute Gasteiger partial charge is 0.244 e. The van der Waals surface area contributed by atoms with E-state index < -0.39 is 0 Å². The van der Waals surface area contributed by atoms with E-state index >= 15 is 0 Å². The lowest BCUT2D eigenvalue weighted by Crippen LogP contribution is -2.38. The van der Waals surface area contributed by atoms with E-state index in [1.807, 2.05) is 17.0 Å². The van der Waals surface area contributed by atoms with E-state index in [9.17, 15) is 4.79 Å². The van der Waals surface area contributed by atoms with Crippen LogP contribution in [0.2, 0.25) is 0 Å². The average Bonchev–Trinajstić information content (AvgIpc) is 3.39. The molecule has 0 spiro atoms. The molecule has 4 rings (SSSR count). The van der Waals surface area contributed by atoms with Gasteiger partial charge in [-0.05, 0) is 66.0 Å². The number of methoxy groups -OCH3 is 2. The van der Waals surface area contributed by atoms with Gasteiger partial charge < -0.3 is 14.4 Å². The Hall–Kier alpha value is -2.68. The van der Waals surface area contributed by atoms with E-state index in [-0.39, 0.29) is 12.5 Å². The van der Waals surface area contributed by atoms with Crippen LogP contribution in [0.25, 0.3) is 0 Å². The zero-order valence-corrected chi connectivity index (χ0v) is 16.4. The van der Waals surface area contributed by atoms with Crippen LogP contribution < -0.4 is 9.47 Å². The highest BCUT2D eigenvalue weighted by Gasteiger charge is 2.24. The van der Waals surface area contributed by atoms with Gasteiger partial charge in [0.15, 0.2) is 17.3 Å². The summed E-state index contributed by atoms with van der Waals surface area (Å²) in [6, 6.07) is 3.97. The van der Waals surface area contributed by atoms with Gasteiger partial charge in [-0.25, -0.2) is 4.68 Å². The number of fused-ring (bicyclic) bond motifs is 1. The van der Waals surface area contributed by atoms with Crippen LogP contribution in [-0.4, -0.2) is 69.8 Å². The Morgan fingerprint density at radius 2 is 1.79 bits per heavy atom. The molecule has 0 atom stereocenters. The molecule has 3 heterocycles. The van der Waals surface area contributed by atoms with Crippen molar-refractivity contribution >= 4 is 5.91 Å². The van der Waals surface area contributed by atoms with Crippen LogP contribution in [0.1, 0.15) is 29.8 Å². The third-order valence-corrected chi connectivity index (χ3v) is 5.53. The normalized spacial score (nSPS) is 16.9. The van der Waals surface area contributed by atoms with Crippen LogP contribution in [0.5, 0.6) is 11.5 Å². The molecule has 0 bridgehead atoms. The molecule has 0 unspecified atom stereocenters. The molecule has 1 aromatic heterocycles. The molecule has 0 N–H and O–H groups in total. The van der Waals surface area contributed by atoms with E-state index in [4.69, 9.17) is 9.47 Å². The highest BCUT2D eigenvalue weighted by atomic mass is 16.5. The molecule has 150 valence electrons. The summed E-state index contributed by atoms with van der Waals surface area (Å²) < 4.78 is 12.4. The molecule has 0 aliphatic carbocycles. The van der Waals surface area contributed by atoms with Gasteiger partial charge in [0.25, 0.3) is 0 Å². The Kier molecular flexibility index (Phi) is 5.43. The van der Waals surface area contributed by atoms with E-state index in [1.165, 1.54) is 18.4 Å². The first-order valence-corrected chi connectivity index (χ1v) is 9.67. The van der Waals surface area contributed by atoms with Crippen LogP contribution in [-0.2, 0) is 30.8 Å². The number of aromatic nitrogens is 4. The molecule has 0 radical (unpaired) electrons. The van der Waals surface area contributed by atoms with Crippen molar-refractivity contribution in [3.63, 3.8) is 0 Å². The molecule has 0 saturated carbocycles. The van der Waals surface area contributed by atoms with Gasteiger partial charge in [-0.1, -0.05) is 0 Å². The van der Waals surface area contributed by atoms with Gasteiger partial charge in [-0.3, -0.25) is 9.69 Å². The summed E-state index contributed by atoms with van der Waals surface area (Å²) in [7, 11) is 3.25. The van der Waals surface area contributed by atoms with Crippen molar-refractivity contribution in [1.29, 1.82) is 0 Å². The number of likely N-dealkylation sites (tertiary alicyclic amines) is 1. The Bertz CT molecular complexity index is 846. The van der Waals surface area contributed by atoms with Gasteiger partial charge in [0.1, 0.15) is 6.54 Å². The molecule has 1 saturated heterocycles. The lowest BCUT2D eigenvalue weighted by molar-refractivity contribution is -0.133. The SMILES string of the molecule is COc1cc2c(cc1OC)CN(C(=O)Cn1nnnc1CN1CCCC1)CC2. The zero-order valence-electron chi connectivity index (χ0n) is 16.4. The second-order valence-corrected chi connectivity index (χ2v) is 7.28. The number of hydrogen-bond donors (Lipinski definition) is 0. The van der Waals surface area contributed by atoms with Crippen molar-refractivity contribution in [3.05, 3.63) is 29.1 Å². The number of nitrogens with zero attached hydrogens (tertiary/aromatic N) is 6. The maximum atomic E-state index is 12.9. The largest absolute Gasteiger partial charge is 0.493 e. The third kappa shape index (κ3) is 3.80. The standard InChI is InChI=1S/C19H26N6O3/c1-27-16-9-14-5-8-24(11-15(14)10-17(16)28-2)19(26)13-25-18(20-21-22-25)12-23-6-3-4-7-23/h9-10H,3-8,11-13H2,1-2H3. The molecule has 1 amide bonds. The summed E-state index contributed by atoms with van der Waals surface area (Å²) >= 11 is 0. The van der Waals surface area contributed by atoms with Gasteiger partial charge in [0, 0.05) is 13.1 Å². The van der Waals surface area contributed by atoms with Crippen LogP contribution in [0.15, 0.2) is 12.1 Å². The first kappa shape index (κ1) is 18.7. The predicted molar refractivity (Wildman–Crippen MR) is 101 cm³/mol. The molecular weight excluding hydrogens is 360 g/mol. The summed E-state index contributed by atoms with van der Waals surface area (Å²) in [5, 5.41) is 11.9. The maximum absolute atomic E-state index is 12.9. The Labute approximate surface area is 164 Å². The quantitative estimate of drug-likeness (QED) is 0.728. The molecule has 1 fully saturated rings. The van der Waals surface area contributed by atoms with E-state index in [1.54, 1.807) is 18.9 Å². The predicted octanol–water partition coefficient (Wildman–Crippen LogP) is 0.871. The van der Waals surface area contributed by atoms with Crippen molar-refractivity contribution in [2.75, 3.05) is 33.9 Å². The topological polar surface area (TPSA) is 85.6 Å². The maximum Gasteiger partial charge on any atom is 0.244 e. The number of tetrazole rings is 1. The number of ether oxygens (including phenoxy) is 2. The zero-order chi connectivity index (χ0) is 19.5. The molecule has 2 aliphatic rings. The van der Waals surface area contributed by atoms with Gasteiger partial charge >= 0.3 is 0 Å². The first-order valence-electron chi connectivity index (χ1n) is 9.67. The minimum atomic E-state index is 0.0235. The summed E-state index contributed by atoms with van der Waals surface area (Å²) in [5.74, 6) is 2.18. The third-order valence-electron chi connectivity index (χ3n) is 5.53. The highest BCUT2D eigenvalue weighted by molar-refractivity contribution is 5.76. The minimum absolute atomic E-state index is 0.0235. The van der Waals surface area contributed by atoms with E-state index in [0.717, 1.165) is 36.6 Å². The second kappa shape index (κ2) is 8.14.